The van der Waals surface area contributed by atoms with Crippen LogP contribution in [0.15, 0.2) is 51.8 Å². The average Bonchev–Trinajstić information content (AvgIpc) is 2.77. The summed E-state index contributed by atoms with van der Waals surface area (Å²) >= 11 is 3.31. The first kappa shape index (κ1) is 22.6. The second kappa shape index (κ2) is 9.80. The smallest absolute Gasteiger partial charge is 0.243 e. The largest absolute Gasteiger partial charge is 0.493 e. The molecule has 1 aliphatic rings. The molecule has 1 amide bonds. The Morgan fingerprint density at radius 3 is 2.50 bits per heavy atom. The van der Waals surface area contributed by atoms with E-state index in [1.807, 2.05) is 12.1 Å². The van der Waals surface area contributed by atoms with E-state index in [2.05, 4.69) is 21.2 Å². The molecule has 2 aromatic carbocycles. The van der Waals surface area contributed by atoms with Gasteiger partial charge in [-0.3, -0.25) is 4.79 Å². The van der Waals surface area contributed by atoms with Crippen LogP contribution in [0.2, 0.25) is 0 Å². The fraction of sp³-hybridized carbons (Fsp3) is 0.381. The summed E-state index contributed by atoms with van der Waals surface area (Å²) in [5.74, 6) is 0.673. The first-order valence-corrected chi connectivity index (χ1v) is 11.8. The van der Waals surface area contributed by atoms with Crippen LogP contribution >= 0.6 is 15.9 Å². The van der Waals surface area contributed by atoms with Gasteiger partial charge in [-0.15, -0.1) is 0 Å². The zero-order chi connectivity index (χ0) is 21.7. The van der Waals surface area contributed by atoms with E-state index >= 15 is 0 Å². The van der Waals surface area contributed by atoms with Crippen LogP contribution < -0.4 is 14.8 Å². The summed E-state index contributed by atoms with van der Waals surface area (Å²) in [6.07, 6.45) is 1.30. The van der Waals surface area contributed by atoms with Crippen molar-refractivity contribution in [2.45, 2.75) is 24.3 Å². The molecule has 1 atom stereocenters. The van der Waals surface area contributed by atoms with E-state index in [1.165, 1.54) is 4.31 Å². The van der Waals surface area contributed by atoms with E-state index < -0.39 is 10.0 Å². The van der Waals surface area contributed by atoms with Crippen LogP contribution in [0.3, 0.4) is 0 Å². The maximum atomic E-state index is 12.9. The molecule has 0 spiro atoms. The fourth-order valence-electron chi connectivity index (χ4n) is 3.45. The van der Waals surface area contributed by atoms with Crippen LogP contribution in [0.1, 0.15) is 18.4 Å². The van der Waals surface area contributed by atoms with Crippen molar-refractivity contribution in [2.75, 3.05) is 27.3 Å². The number of ether oxygens (including phenoxy) is 2. The second-order valence-corrected chi connectivity index (χ2v) is 9.92. The van der Waals surface area contributed by atoms with Crippen molar-refractivity contribution >= 4 is 31.9 Å². The van der Waals surface area contributed by atoms with Crippen molar-refractivity contribution in [2.24, 2.45) is 5.92 Å². The van der Waals surface area contributed by atoms with Crippen molar-refractivity contribution in [3.05, 3.63) is 52.5 Å². The number of sulfonamides is 1. The van der Waals surface area contributed by atoms with Crippen molar-refractivity contribution in [3.63, 3.8) is 0 Å². The number of carbonyl (C=O) groups excluding carboxylic acids is 1. The molecule has 1 aliphatic heterocycles. The predicted octanol–water partition coefficient (Wildman–Crippen LogP) is 3.18. The van der Waals surface area contributed by atoms with Crippen molar-refractivity contribution in [3.8, 4) is 11.5 Å². The van der Waals surface area contributed by atoms with E-state index in [0.29, 0.717) is 37.4 Å². The number of amides is 1. The van der Waals surface area contributed by atoms with E-state index in [9.17, 15) is 13.2 Å². The highest BCUT2D eigenvalue weighted by molar-refractivity contribution is 9.10. The van der Waals surface area contributed by atoms with E-state index in [1.54, 1.807) is 44.6 Å². The molecule has 30 heavy (non-hydrogen) atoms. The Bertz CT molecular complexity index is 995. The van der Waals surface area contributed by atoms with Crippen molar-refractivity contribution < 1.29 is 22.7 Å². The maximum absolute atomic E-state index is 12.9. The van der Waals surface area contributed by atoms with Crippen LogP contribution in [-0.4, -0.2) is 45.9 Å². The minimum atomic E-state index is -3.63. The van der Waals surface area contributed by atoms with Gasteiger partial charge >= 0.3 is 0 Å². The first-order valence-electron chi connectivity index (χ1n) is 9.59. The van der Waals surface area contributed by atoms with Crippen LogP contribution in [0, 0.1) is 5.92 Å². The molecule has 1 fully saturated rings. The maximum Gasteiger partial charge on any atom is 0.243 e. The van der Waals surface area contributed by atoms with Crippen LogP contribution in [-0.2, 0) is 21.4 Å². The highest BCUT2D eigenvalue weighted by atomic mass is 79.9. The third-order valence-electron chi connectivity index (χ3n) is 5.12. The van der Waals surface area contributed by atoms with Crippen LogP contribution in [0.25, 0.3) is 0 Å². The molecule has 1 saturated heterocycles. The molecule has 1 unspecified atom stereocenters. The molecule has 2 aromatic rings. The molecule has 0 aliphatic carbocycles. The summed E-state index contributed by atoms with van der Waals surface area (Å²) < 4.78 is 38.6. The zero-order valence-corrected chi connectivity index (χ0v) is 19.3. The number of hydrogen-bond acceptors (Lipinski definition) is 5. The number of methoxy groups -OCH3 is 2. The SMILES string of the molecule is COc1ccc(CNC(=O)C2CCCN(S(=O)(=O)c3ccc(Br)cc3)C2)cc1OC. The number of rotatable bonds is 7. The topological polar surface area (TPSA) is 84.9 Å². The molecule has 9 heteroatoms. The van der Waals surface area contributed by atoms with Gasteiger partial charge in [0, 0.05) is 24.1 Å². The Balaban J connectivity index is 1.64. The molecule has 7 nitrogen and oxygen atoms in total. The van der Waals surface area contributed by atoms with E-state index in [0.717, 1.165) is 10.0 Å². The van der Waals surface area contributed by atoms with Crippen molar-refractivity contribution in [1.82, 2.24) is 9.62 Å². The summed E-state index contributed by atoms with van der Waals surface area (Å²) in [7, 11) is -0.503. The van der Waals surface area contributed by atoms with Gasteiger partial charge in [-0.05, 0) is 54.8 Å². The molecule has 0 aromatic heterocycles. The number of carbonyl (C=O) groups is 1. The van der Waals surface area contributed by atoms with Gasteiger partial charge in [-0.1, -0.05) is 22.0 Å². The van der Waals surface area contributed by atoms with Gasteiger partial charge in [-0.2, -0.15) is 4.31 Å². The van der Waals surface area contributed by atoms with Gasteiger partial charge in [0.25, 0.3) is 0 Å². The van der Waals surface area contributed by atoms with Crippen LogP contribution in [0.5, 0.6) is 11.5 Å². The van der Waals surface area contributed by atoms with Gasteiger partial charge in [0.05, 0.1) is 25.0 Å². The Morgan fingerprint density at radius 2 is 1.83 bits per heavy atom. The second-order valence-electron chi connectivity index (χ2n) is 7.06. The Labute approximate surface area is 185 Å². The lowest BCUT2D eigenvalue weighted by Gasteiger charge is -2.31. The number of nitrogens with one attached hydrogen (secondary N) is 1. The van der Waals surface area contributed by atoms with Gasteiger partial charge in [0.2, 0.25) is 15.9 Å². The summed E-state index contributed by atoms with van der Waals surface area (Å²) in [5, 5.41) is 2.91. The Hall–Kier alpha value is -2.10. The number of benzene rings is 2. The predicted molar refractivity (Wildman–Crippen MR) is 117 cm³/mol. The number of hydrogen-bond donors (Lipinski definition) is 1. The van der Waals surface area contributed by atoms with E-state index in [-0.39, 0.29) is 23.3 Å². The lowest BCUT2D eigenvalue weighted by atomic mass is 9.98. The monoisotopic (exact) mass is 496 g/mol. The lowest BCUT2D eigenvalue weighted by molar-refractivity contribution is -0.126. The molecule has 1 N–H and O–H groups in total. The van der Waals surface area contributed by atoms with Gasteiger partial charge in [-0.25, -0.2) is 8.42 Å². The summed E-state index contributed by atoms with van der Waals surface area (Å²) in [4.78, 5) is 12.9. The van der Waals surface area contributed by atoms with Crippen molar-refractivity contribution in [1.29, 1.82) is 0 Å². The average molecular weight is 497 g/mol. The minimum Gasteiger partial charge on any atom is -0.493 e. The number of halogens is 1. The third kappa shape index (κ3) is 5.14. The Kier molecular flexibility index (Phi) is 7.38. The normalized spacial score (nSPS) is 17.4. The summed E-state index contributed by atoms with van der Waals surface area (Å²) in [6, 6.07) is 12.0. The molecule has 162 valence electrons. The lowest BCUT2D eigenvalue weighted by Crippen LogP contribution is -2.45. The summed E-state index contributed by atoms with van der Waals surface area (Å²) in [6.45, 7) is 0.920. The number of piperidine rings is 1. The highest BCUT2D eigenvalue weighted by Gasteiger charge is 2.33. The van der Waals surface area contributed by atoms with Gasteiger partial charge in [0.1, 0.15) is 0 Å². The molecule has 1 heterocycles. The van der Waals surface area contributed by atoms with Crippen LogP contribution in [0.4, 0.5) is 0 Å². The molecule has 0 radical (unpaired) electrons. The van der Waals surface area contributed by atoms with Gasteiger partial charge < -0.3 is 14.8 Å². The fourth-order valence-corrected chi connectivity index (χ4v) is 5.24. The molecular weight excluding hydrogens is 472 g/mol. The molecule has 0 bridgehead atoms. The zero-order valence-electron chi connectivity index (χ0n) is 16.9. The first-order chi connectivity index (χ1) is 14.3. The molecule has 0 saturated carbocycles. The highest BCUT2D eigenvalue weighted by Crippen LogP contribution is 2.28. The Morgan fingerprint density at radius 1 is 1.13 bits per heavy atom. The van der Waals surface area contributed by atoms with Gasteiger partial charge in [0.15, 0.2) is 11.5 Å². The quantitative estimate of drug-likeness (QED) is 0.636. The standard InChI is InChI=1S/C21H25BrN2O5S/c1-28-19-10-5-15(12-20(19)29-2)13-23-21(25)16-4-3-11-24(14-16)30(26,27)18-8-6-17(22)7-9-18/h5-10,12,16H,3-4,11,13-14H2,1-2H3,(H,23,25). The summed E-state index contributed by atoms with van der Waals surface area (Å²) in [5.41, 5.74) is 0.871. The van der Waals surface area contributed by atoms with E-state index in [4.69, 9.17) is 9.47 Å². The third-order valence-corrected chi connectivity index (χ3v) is 7.53. The molecular formula is C21H25BrN2O5S. The number of nitrogens with zero attached hydrogens (tertiary/aromatic N) is 1. The molecule has 3 rings (SSSR count). The minimum absolute atomic E-state index is 0.152.